The van der Waals surface area contributed by atoms with Gasteiger partial charge in [-0.1, -0.05) is 182 Å². The number of ether oxygens (including phenoxy) is 3. The molecule has 0 radical (unpaired) electrons. The number of fused-ring (bicyclic) bond motifs is 1. The van der Waals surface area contributed by atoms with Crippen LogP contribution in [0.4, 0.5) is 42.8 Å². The number of esters is 3. The van der Waals surface area contributed by atoms with Crippen molar-refractivity contribution in [1.82, 2.24) is 19.5 Å². The van der Waals surface area contributed by atoms with Crippen LogP contribution >= 0.6 is 0 Å². The number of allylic oxidation sites excluding steroid dienone is 1. The minimum absolute atomic E-state index is 0.00125. The van der Waals surface area contributed by atoms with Crippen molar-refractivity contribution >= 4 is 81.8 Å². The molecule has 518 valence electrons. The van der Waals surface area contributed by atoms with Gasteiger partial charge in [-0.25, -0.2) is 9.59 Å². The van der Waals surface area contributed by atoms with Gasteiger partial charge in [-0.15, -0.1) is 10.2 Å². The minimum atomic E-state index is -3.11. The highest BCUT2D eigenvalue weighted by atomic mass is 19.2. The maximum Gasteiger partial charge on any atom is 0.677 e. The van der Waals surface area contributed by atoms with Crippen LogP contribution in [0.3, 0.4) is 0 Å². The van der Waals surface area contributed by atoms with Crippen LogP contribution in [-0.4, -0.2) is 50.5 Å². The number of hydrogen-bond donors (Lipinski definition) is 0. The zero-order valence-corrected chi connectivity index (χ0v) is 59.0. The van der Waals surface area contributed by atoms with Crippen molar-refractivity contribution in [2.75, 3.05) is 9.80 Å². The Morgan fingerprint density at radius 2 is 0.886 bits per heavy atom. The summed E-state index contributed by atoms with van der Waals surface area (Å²) in [5.41, 5.74) is 18.0. The molecule has 14 rings (SSSR count). The fourth-order valence-corrected chi connectivity index (χ4v) is 14.0. The summed E-state index contributed by atoms with van der Waals surface area (Å²) in [4.78, 5) is 53.1. The molecule has 0 unspecified atom stereocenters. The average Bonchev–Trinajstić information content (AvgIpc) is 1.59. The Kier molecular flexibility index (Phi) is 20.3. The third-order valence-corrected chi connectivity index (χ3v) is 19.0. The van der Waals surface area contributed by atoms with E-state index in [4.69, 9.17) is 29.4 Å². The van der Waals surface area contributed by atoms with Gasteiger partial charge in [-0.3, -0.25) is 18.4 Å². The van der Waals surface area contributed by atoms with Crippen LogP contribution in [-0.2, 0) is 38.7 Å². The molecule has 0 fully saturated rings. The standard InChI is InChI=1S/C89H74BF2N7O6/c1-58-54-76(55-59(2)80(58)83(84-60(3)81(62(5)93-84)88(101)103-56-65-26-13-7-14-27-65)87-61(4)82(63(6)98(87)90(91)92)89(102)104-57-66-28-15-8-16-29-66)105-79(100)39-25-30-64-40-46-75(47-41-64)99-94-85-77(67-42-48-73(49-43-67)96(69-31-17-9-18-32-69)70-33-19-10-20-34-70)52-53-78(86(85)95-99)68-44-50-74(51-45-68)97(71-35-21-11-22-36-71)72-37-23-12-24-38-72/h7-24,26-29,31-38,40-55H,25,30,39,56-57H2,1-6H3/b84-83-. The molecule has 1 aliphatic rings. The Morgan fingerprint density at radius 1 is 0.467 bits per heavy atom. The lowest BCUT2D eigenvalue weighted by atomic mass is 9.87. The van der Waals surface area contributed by atoms with Gasteiger partial charge in [0.1, 0.15) is 30.0 Å². The second-order valence-corrected chi connectivity index (χ2v) is 26.0. The molecule has 0 atom stereocenters. The van der Waals surface area contributed by atoms with Crippen LogP contribution in [0, 0.1) is 27.7 Å². The number of nitrogens with zero attached hydrogens (tertiary/aromatic N) is 7. The van der Waals surface area contributed by atoms with Gasteiger partial charge in [0.2, 0.25) is 0 Å². The van der Waals surface area contributed by atoms with Gasteiger partial charge >= 0.3 is 25.3 Å². The monoisotopic (exact) mass is 1390 g/mol. The van der Waals surface area contributed by atoms with Gasteiger partial charge in [0.05, 0.1) is 28.2 Å². The number of carbonyl (C=O) groups is 3. The lowest BCUT2D eigenvalue weighted by molar-refractivity contribution is -0.139. The number of halogens is 2. The molecule has 2 aromatic heterocycles. The van der Waals surface area contributed by atoms with Crippen molar-refractivity contribution in [2.24, 2.45) is 4.99 Å². The first-order chi connectivity index (χ1) is 51.1. The molecular formula is C89H74BF2N7O6. The molecule has 13 nitrogen and oxygen atoms in total. The van der Waals surface area contributed by atoms with E-state index >= 15 is 8.63 Å². The van der Waals surface area contributed by atoms with Crippen molar-refractivity contribution in [3.05, 3.63) is 352 Å². The molecule has 3 heterocycles. The number of aliphatic imine (C=N–C) groups is 1. The number of carbonyl (C=O) groups excluding carboxylic acids is 3. The molecule has 0 amide bonds. The van der Waals surface area contributed by atoms with Crippen LogP contribution in [0.1, 0.15) is 87.4 Å². The molecule has 16 heteroatoms. The van der Waals surface area contributed by atoms with Gasteiger partial charge in [-0.2, -0.15) is 4.80 Å². The molecule has 1 aliphatic heterocycles. The van der Waals surface area contributed by atoms with Gasteiger partial charge < -0.3 is 28.5 Å². The predicted molar refractivity (Wildman–Crippen MR) is 414 cm³/mol. The maximum atomic E-state index is 15.9. The Bertz CT molecular complexity index is 5180. The van der Waals surface area contributed by atoms with Crippen LogP contribution in [0.5, 0.6) is 5.75 Å². The summed E-state index contributed by atoms with van der Waals surface area (Å²) in [6.07, 6.45) is 1.13. The number of para-hydroxylation sites is 4. The zero-order valence-electron chi connectivity index (χ0n) is 59.0. The Hall–Kier alpha value is -12.8. The number of rotatable bonds is 23. The summed E-state index contributed by atoms with van der Waals surface area (Å²) < 4.78 is 50.2. The minimum Gasteiger partial charge on any atom is -0.457 e. The second-order valence-electron chi connectivity index (χ2n) is 26.0. The summed E-state index contributed by atoms with van der Waals surface area (Å²) in [7, 11) is -3.11. The summed E-state index contributed by atoms with van der Waals surface area (Å²) in [5, 5.41) is 10.5. The van der Waals surface area contributed by atoms with Crippen LogP contribution in [0.25, 0.3) is 44.5 Å². The van der Waals surface area contributed by atoms with E-state index in [1.54, 1.807) is 51.5 Å². The lowest BCUT2D eigenvalue weighted by Crippen LogP contribution is -2.19. The van der Waals surface area contributed by atoms with Crippen LogP contribution in [0.15, 0.2) is 301 Å². The number of aryl methyl sites for hydroxylation is 3. The number of hydrogen-bond acceptors (Lipinski definition) is 11. The molecule has 13 aromatic rings. The van der Waals surface area contributed by atoms with E-state index in [1.807, 2.05) is 158 Å². The van der Waals surface area contributed by atoms with E-state index in [0.717, 1.165) is 94.3 Å². The largest absolute Gasteiger partial charge is 0.677 e. The van der Waals surface area contributed by atoms with Crippen molar-refractivity contribution in [3.63, 3.8) is 0 Å². The molecule has 0 N–H and O–H groups in total. The smallest absolute Gasteiger partial charge is 0.457 e. The Balaban J connectivity index is 0.728. The predicted octanol–water partition coefficient (Wildman–Crippen LogP) is 21.1. The summed E-state index contributed by atoms with van der Waals surface area (Å²) in [6.45, 7) is 9.98. The van der Waals surface area contributed by atoms with E-state index in [-0.39, 0.29) is 64.7 Å². The topological polar surface area (TPSA) is 133 Å². The highest BCUT2D eigenvalue weighted by Gasteiger charge is 2.37. The first kappa shape index (κ1) is 69.3. The fraction of sp³-hybridized carbons (Fsp3) is 0.124. The normalized spacial score (nSPS) is 12.4. The fourth-order valence-electron chi connectivity index (χ4n) is 14.0. The molecule has 105 heavy (non-hydrogen) atoms. The van der Waals surface area contributed by atoms with Crippen molar-refractivity contribution in [1.29, 1.82) is 0 Å². The highest BCUT2D eigenvalue weighted by molar-refractivity contribution is 6.42. The highest BCUT2D eigenvalue weighted by Crippen LogP contribution is 2.45. The molecule has 0 bridgehead atoms. The van der Waals surface area contributed by atoms with E-state index in [2.05, 4.69) is 119 Å². The molecule has 0 saturated carbocycles. The first-order valence-corrected chi connectivity index (χ1v) is 34.9. The number of benzene rings is 11. The Morgan fingerprint density at radius 3 is 1.32 bits per heavy atom. The summed E-state index contributed by atoms with van der Waals surface area (Å²) in [5.74, 6) is -1.61. The van der Waals surface area contributed by atoms with E-state index < -0.39 is 25.3 Å². The molecule has 11 aromatic carbocycles. The van der Waals surface area contributed by atoms with Gasteiger partial charge in [0.15, 0.2) is 0 Å². The van der Waals surface area contributed by atoms with E-state index in [9.17, 15) is 14.4 Å². The lowest BCUT2D eigenvalue weighted by Gasteiger charge is -2.25. The zero-order chi connectivity index (χ0) is 72.7. The van der Waals surface area contributed by atoms with Crippen molar-refractivity contribution in [2.45, 2.75) is 74.0 Å². The second kappa shape index (κ2) is 30.8. The van der Waals surface area contributed by atoms with E-state index in [0.29, 0.717) is 40.8 Å². The summed E-state index contributed by atoms with van der Waals surface area (Å²) >= 11 is 0. The molecular weight excluding hydrogens is 1310 g/mol. The quantitative estimate of drug-likeness (QED) is 0.0346. The average molecular weight is 1390 g/mol. The molecule has 0 saturated heterocycles. The number of aromatic nitrogens is 4. The number of anilines is 6. The van der Waals surface area contributed by atoms with Gasteiger partial charge in [0, 0.05) is 68.6 Å². The molecule has 0 spiro atoms. The molecule has 0 aliphatic carbocycles. The van der Waals surface area contributed by atoms with Crippen LogP contribution < -0.4 is 14.5 Å². The maximum absolute atomic E-state index is 15.9. The van der Waals surface area contributed by atoms with Crippen molar-refractivity contribution in [3.8, 4) is 33.7 Å². The third-order valence-electron chi connectivity index (χ3n) is 19.0. The SMILES string of the molecule is CC1=N/C(=C(/c2c(C)cc(OC(=O)CCCc3ccc(-n4nc5c(-c6ccc(N(c7ccccc7)c7ccccc7)cc6)ccc(-c6ccc(N(c7ccccc7)c7ccccc7)cc6)c5n4)cc3)cc2C)c2c(C)c(C(=O)OCc3ccccc3)c(C)n2B(F)F)C(C)=C1C(=O)OCc1ccccc1. The summed E-state index contributed by atoms with van der Waals surface area (Å²) in [6, 6.07) is 92.5. The van der Waals surface area contributed by atoms with E-state index in [1.165, 1.54) is 6.92 Å². The first-order valence-electron chi connectivity index (χ1n) is 34.9. The van der Waals surface area contributed by atoms with Gasteiger partial charge in [-0.05, 0) is 207 Å². The van der Waals surface area contributed by atoms with Crippen molar-refractivity contribution < 1.29 is 37.2 Å². The Labute approximate surface area is 609 Å². The van der Waals surface area contributed by atoms with Gasteiger partial charge in [0.25, 0.3) is 0 Å². The third kappa shape index (κ3) is 14.7. The van der Waals surface area contributed by atoms with Crippen LogP contribution in [0.2, 0.25) is 0 Å².